The van der Waals surface area contributed by atoms with Crippen molar-refractivity contribution in [3.05, 3.63) is 12.2 Å². The molecule has 0 aromatic rings. The maximum Gasteiger partial charge on any atom is 0.333 e. The molecule has 0 spiro atoms. The number of ether oxygens (including phenoxy) is 1. The summed E-state index contributed by atoms with van der Waals surface area (Å²) in [5.41, 5.74) is 0.597. The molecule has 12 heavy (non-hydrogen) atoms. The standard InChI is InChI=1S/C9H18O2Si/c1-8(9(10)11-2)6-7-12(3,4)5/h1,6-7H2,2-5H3. The van der Waals surface area contributed by atoms with Crippen molar-refractivity contribution in [3.63, 3.8) is 0 Å². The Balaban J connectivity index is 3.80. The summed E-state index contributed by atoms with van der Waals surface area (Å²) in [6.45, 7) is 10.5. The minimum atomic E-state index is -1.05. The van der Waals surface area contributed by atoms with Gasteiger partial charge in [-0.3, -0.25) is 0 Å². The summed E-state index contributed by atoms with van der Waals surface area (Å²) in [6.07, 6.45) is 0.780. The lowest BCUT2D eigenvalue weighted by Crippen LogP contribution is -2.20. The topological polar surface area (TPSA) is 26.3 Å². The molecule has 0 aliphatic heterocycles. The average Bonchev–Trinajstić information content (AvgIpc) is 1.97. The molecule has 0 aliphatic rings. The highest BCUT2D eigenvalue weighted by Crippen LogP contribution is 2.15. The Hall–Kier alpha value is -0.573. The van der Waals surface area contributed by atoms with Crippen LogP contribution in [0, 0.1) is 0 Å². The molecule has 0 saturated heterocycles. The van der Waals surface area contributed by atoms with E-state index in [0.717, 1.165) is 12.5 Å². The number of carbonyl (C=O) groups is 1. The van der Waals surface area contributed by atoms with Crippen LogP contribution in [0.4, 0.5) is 0 Å². The number of hydrogen-bond acceptors (Lipinski definition) is 2. The number of methoxy groups -OCH3 is 1. The van der Waals surface area contributed by atoms with E-state index in [0.29, 0.717) is 5.57 Å². The van der Waals surface area contributed by atoms with Gasteiger partial charge < -0.3 is 4.74 Å². The third-order valence-corrected chi connectivity index (χ3v) is 3.40. The van der Waals surface area contributed by atoms with E-state index in [2.05, 4.69) is 31.0 Å². The molecule has 70 valence electrons. The quantitative estimate of drug-likeness (QED) is 0.383. The third kappa shape index (κ3) is 5.13. The summed E-state index contributed by atoms with van der Waals surface area (Å²) >= 11 is 0. The van der Waals surface area contributed by atoms with Gasteiger partial charge in [0.1, 0.15) is 0 Å². The van der Waals surface area contributed by atoms with Crippen molar-refractivity contribution in [2.75, 3.05) is 7.11 Å². The second kappa shape index (κ2) is 4.45. The van der Waals surface area contributed by atoms with Crippen molar-refractivity contribution in [2.45, 2.75) is 32.1 Å². The van der Waals surface area contributed by atoms with E-state index in [1.54, 1.807) is 0 Å². The Kier molecular flexibility index (Phi) is 4.24. The first-order chi connectivity index (χ1) is 5.37. The largest absolute Gasteiger partial charge is 0.466 e. The first-order valence-corrected chi connectivity index (χ1v) is 7.83. The Morgan fingerprint density at radius 1 is 1.42 bits per heavy atom. The Bertz CT molecular complexity index is 179. The molecular formula is C9H18O2Si. The first-order valence-electron chi connectivity index (χ1n) is 4.13. The fourth-order valence-electron chi connectivity index (χ4n) is 0.772. The second-order valence-electron chi connectivity index (χ2n) is 4.16. The zero-order valence-corrected chi connectivity index (χ0v) is 9.44. The van der Waals surface area contributed by atoms with E-state index in [4.69, 9.17) is 0 Å². The van der Waals surface area contributed by atoms with Crippen LogP contribution >= 0.6 is 0 Å². The van der Waals surface area contributed by atoms with Crippen LogP contribution in [0.1, 0.15) is 6.42 Å². The van der Waals surface area contributed by atoms with Crippen LogP contribution in [0.2, 0.25) is 25.7 Å². The van der Waals surface area contributed by atoms with Gasteiger partial charge in [-0.25, -0.2) is 4.79 Å². The van der Waals surface area contributed by atoms with Gasteiger partial charge in [-0.1, -0.05) is 32.3 Å². The summed E-state index contributed by atoms with van der Waals surface area (Å²) < 4.78 is 4.55. The van der Waals surface area contributed by atoms with Gasteiger partial charge in [-0.15, -0.1) is 0 Å². The minimum Gasteiger partial charge on any atom is -0.466 e. The Labute approximate surface area is 75.6 Å². The number of hydrogen-bond donors (Lipinski definition) is 0. The molecule has 0 radical (unpaired) electrons. The SMILES string of the molecule is C=C(CC[Si](C)(C)C)C(=O)OC. The third-order valence-electron chi connectivity index (χ3n) is 1.65. The molecule has 0 bridgehead atoms. The smallest absolute Gasteiger partial charge is 0.333 e. The lowest BCUT2D eigenvalue weighted by atomic mass is 10.2. The summed E-state index contributed by atoms with van der Waals surface area (Å²) in [5.74, 6) is -0.270. The predicted molar refractivity (Wildman–Crippen MR) is 53.9 cm³/mol. The lowest BCUT2D eigenvalue weighted by Gasteiger charge is -2.15. The molecule has 0 unspecified atom stereocenters. The molecular weight excluding hydrogens is 168 g/mol. The zero-order chi connectivity index (χ0) is 9.78. The molecule has 0 atom stereocenters. The molecule has 2 nitrogen and oxygen atoms in total. The molecule has 3 heteroatoms. The van der Waals surface area contributed by atoms with Crippen molar-refractivity contribution in [1.29, 1.82) is 0 Å². The summed E-state index contributed by atoms with van der Waals surface area (Å²) in [7, 11) is 0.344. The van der Waals surface area contributed by atoms with Gasteiger partial charge in [-0.2, -0.15) is 0 Å². The molecule has 0 aromatic carbocycles. The fourth-order valence-corrected chi connectivity index (χ4v) is 1.82. The number of esters is 1. The normalized spacial score (nSPS) is 11.0. The van der Waals surface area contributed by atoms with Crippen LogP contribution < -0.4 is 0 Å². The average molecular weight is 186 g/mol. The zero-order valence-electron chi connectivity index (χ0n) is 8.44. The number of carbonyl (C=O) groups excluding carboxylic acids is 1. The Morgan fingerprint density at radius 2 is 1.92 bits per heavy atom. The highest BCUT2D eigenvalue weighted by atomic mass is 28.3. The van der Waals surface area contributed by atoms with E-state index < -0.39 is 8.07 Å². The van der Waals surface area contributed by atoms with Gasteiger partial charge in [0, 0.05) is 13.6 Å². The van der Waals surface area contributed by atoms with Crippen molar-refractivity contribution >= 4 is 14.0 Å². The maximum absolute atomic E-state index is 10.9. The van der Waals surface area contributed by atoms with Gasteiger partial charge in [0.15, 0.2) is 0 Å². The van der Waals surface area contributed by atoms with E-state index in [1.165, 1.54) is 7.11 Å². The molecule has 0 aliphatic carbocycles. The minimum absolute atomic E-state index is 0.270. The predicted octanol–water partition coefficient (Wildman–Crippen LogP) is 2.44. The van der Waals surface area contributed by atoms with Gasteiger partial charge in [-0.05, 0) is 6.42 Å². The van der Waals surface area contributed by atoms with Crippen LogP contribution in [0.25, 0.3) is 0 Å². The van der Waals surface area contributed by atoms with Gasteiger partial charge in [0.05, 0.1) is 7.11 Å². The molecule has 0 amide bonds. The highest BCUT2D eigenvalue weighted by molar-refractivity contribution is 6.76. The molecule has 0 heterocycles. The van der Waals surface area contributed by atoms with Crippen LogP contribution in [0.15, 0.2) is 12.2 Å². The maximum atomic E-state index is 10.9. The van der Waals surface area contributed by atoms with Crippen LogP contribution in [-0.2, 0) is 9.53 Å². The number of rotatable bonds is 4. The van der Waals surface area contributed by atoms with Gasteiger partial charge in [0.25, 0.3) is 0 Å². The summed E-state index contributed by atoms with van der Waals surface area (Å²) in [6, 6.07) is 1.10. The van der Waals surface area contributed by atoms with E-state index in [1.807, 2.05) is 0 Å². The van der Waals surface area contributed by atoms with Crippen LogP contribution in [0.5, 0.6) is 0 Å². The molecule has 0 fully saturated rings. The van der Waals surface area contributed by atoms with Crippen LogP contribution in [-0.4, -0.2) is 21.2 Å². The molecule has 0 rings (SSSR count). The van der Waals surface area contributed by atoms with Crippen molar-refractivity contribution < 1.29 is 9.53 Å². The molecule has 0 saturated carbocycles. The molecule has 0 N–H and O–H groups in total. The van der Waals surface area contributed by atoms with Crippen molar-refractivity contribution in [1.82, 2.24) is 0 Å². The summed E-state index contributed by atoms with van der Waals surface area (Å²) in [4.78, 5) is 10.9. The highest BCUT2D eigenvalue weighted by Gasteiger charge is 2.15. The fraction of sp³-hybridized carbons (Fsp3) is 0.667. The summed E-state index contributed by atoms with van der Waals surface area (Å²) in [5, 5.41) is 0. The molecule has 0 aromatic heterocycles. The lowest BCUT2D eigenvalue weighted by molar-refractivity contribution is -0.136. The van der Waals surface area contributed by atoms with Gasteiger partial charge >= 0.3 is 5.97 Å². The Morgan fingerprint density at radius 3 is 2.25 bits per heavy atom. The van der Waals surface area contributed by atoms with Crippen molar-refractivity contribution in [3.8, 4) is 0 Å². The first kappa shape index (κ1) is 11.4. The monoisotopic (exact) mass is 186 g/mol. The van der Waals surface area contributed by atoms with Crippen LogP contribution in [0.3, 0.4) is 0 Å². The second-order valence-corrected chi connectivity index (χ2v) is 9.78. The van der Waals surface area contributed by atoms with Crippen molar-refractivity contribution in [2.24, 2.45) is 0 Å². The van der Waals surface area contributed by atoms with E-state index >= 15 is 0 Å². The van der Waals surface area contributed by atoms with Gasteiger partial charge in [0.2, 0.25) is 0 Å². The van der Waals surface area contributed by atoms with E-state index in [9.17, 15) is 4.79 Å². The van der Waals surface area contributed by atoms with E-state index in [-0.39, 0.29) is 5.97 Å².